The fraction of sp³-hybridized carbons (Fsp3) is 0.333. The van der Waals surface area contributed by atoms with Gasteiger partial charge in [-0.25, -0.2) is 0 Å². The summed E-state index contributed by atoms with van der Waals surface area (Å²) in [6.07, 6.45) is -2.79. The summed E-state index contributed by atoms with van der Waals surface area (Å²) in [4.78, 5) is 0. The minimum Gasteiger partial charge on any atom is -0.493 e. The minimum atomic E-state index is -4.38. The molecule has 1 aromatic carbocycles. The van der Waals surface area contributed by atoms with E-state index in [1.54, 1.807) is 24.5 Å². The molecular weight excluding hydrogens is 299 g/mol. The van der Waals surface area contributed by atoms with Gasteiger partial charge in [-0.15, -0.1) is 0 Å². The molecule has 1 aromatic heterocycles. The highest BCUT2D eigenvalue weighted by molar-refractivity contribution is 5.43. The average Bonchev–Trinajstić information content (AvgIpc) is 2.98. The molecule has 0 unspecified atom stereocenters. The molecule has 22 heavy (non-hydrogen) atoms. The van der Waals surface area contributed by atoms with E-state index in [1.807, 2.05) is 6.07 Å². The van der Waals surface area contributed by atoms with E-state index in [1.165, 1.54) is 13.2 Å². The largest absolute Gasteiger partial charge is 0.493 e. The van der Waals surface area contributed by atoms with E-state index >= 15 is 0 Å². The Morgan fingerprint density at radius 2 is 1.95 bits per heavy atom. The Hall–Kier alpha value is -2.15. The molecule has 0 saturated heterocycles. The van der Waals surface area contributed by atoms with Crippen LogP contribution in [0, 0.1) is 0 Å². The molecule has 0 bridgehead atoms. The summed E-state index contributed by atoms with van der Waals surface area (Å²) >= 11 is 0. The molecule has 2 aromatic rings. The summed E-state index contributed by atoms with van der Waals surface area (Å²) < 4.78 is 51.5. The van der Waals surface area contributed by atoms with Crippen LogP contribution in [0.2, 0.25) is 0 Å². The first kappa shape index (κ1) is 16.2. The molecule has 0 spiro atoms. The number of nitrogens with one attached hydrogen (secondary N) is 1. The topological polar surface area (TPSA) is 43.6 Å². The van der Waals surface area contributed by atoms with Gasteiger partial charge in [-0.3, -0.25) is 0 Å². The van der Waals surface area contributed by atoms with Gasteiger partial charge in [0.15, 0.2) is 18.1 Å². The van der Waals surface area contributed by atoms with Gasteiger partial charge in [0.05, 0.1) is 19.9 Å². The molecule has 0 aliphatic rings. The average molecular weight is 315 g/mol. The van der Waals surface area contributed by atoms with Gasteiger partial charge in [-0.1, -0.05) is 6.07 Å². The lowest BCUT2D eigenvalue weighted by atomic mass is 10.2. The maximum atomic E-state index is 12.2. The van der Waals surface area contributed by atoms with Crippen molar-refractivity contribution in [3.63, 3.8) is 0 Å². The minimum absolute atomic E-state index is 0.0645. The van der Waals surface area contributed by atoms with Crippen LogP contribution in [0.15, 0.2) is 41.0 Å². The first-order chi connectivity index (χ1) is 10.5. The first-order valence-electron chi connectivity index (χ1n) is 6.57. The third-order valence-electron chi connectivity index (χ3n) is 2.83. The maximum absolute atomic E-state index is 12.2. The molecule has 7 heteroatoms. The summed E-state index contributed by atoms with van der Waals surface area (Å²) in [5.74, 6) is 1.13. The van der Waals surface area contributed by atoms with Crippen molar-refractivity contribution in [2.45, 2.75) is 19.3 Å². The summed E-state index contributed by atoms with van der Waals surface area (Å²) in [7, 11) is 1.38. The molecule has 1 N–H and O–H groups in total. The summed E-state index contributed by atoms with van der Waals surface area (Å²) in [6, 6.07) is 8.44. The van der Waals surface area contributed by atoms with E-state index in [-0.39, 0.29) is 11.5 Å². The predicted molar refractivity (Wildman–Crippen MR) is 73.8 cm³/mol. The first-order valence-corrected chi connectivity index (χ1v) is 6.57. The molecule has 0 aliphatic heterocycles. The Balaban J connectivity index is 1.93. The highest BCUT2D eigenvalue weighted by Gasteiger charge is 2.29. The highest BCUT2D eigenvalue weighted by atomic mass is 19.4. The number of halogens is 3. The Morgan fingerprint density at radius 1 is 1.14 bits per heavy atom. The van der Waals surface area contributed by atoms with Gasteiger partial charge in [0, 0.05) is 6.54 Å². The van der Waals surface area contributed by atoms with Crippen molar-refractivity contribution in [1.82, 2.24) is 5.32 Å². The van der Waals surface area contributed by atoms with E-state index in [0.717, 1.165) is 11.3 Å². The highest BCUT2D eigenvalue weighted by Crippen LogP contribution is 2.29. The van der Waals surface area contributed by atoms with Crippen molar-refractivity contribution < 1.29 is 27.1 Å². The van der Waals surface area contributed by atoms with E-state index in [2.05, 4.69) is 5.32 Å². The molecule has 2 rings (SSSR count). The Kier molecular flexibility index (Phi) is 5.32. The van der Waals surface area contributed by atoms with Gasteiger partial charge in [0.25, 0.3) is 0 Å². The van der Waals surface area contributed by atoms with Gasteiger partial charge >= 0.3 is 6.18 Å². The van der Waals surface area contributed by atoms with Crippen LogP contribution in [0.4, 0.5) is 13.2 Å². The predicted octanol–water partition coefficient (Wildman–Crippen LogP) is 3.52. The molecule has 0 radical (unpaired) electrons. The number of benzene rings is 1. The van der Waals surface area contributed by atoms with Crippen LogP contribution in [-0.2, 0) is 13.1 Å². The molecule has 0 saturated carbocycles. The number of alkyl halides is 3. The van der Waals surface area contributed by atoms with Gasteiger partial charge in [-0.2, -0.15) is 13.2 Å². The van der Waals surface area contributed by atoms with Crippen molar-refractivity contribution in [2.24, 2.45) is 0 Å². The van der Waals surface area contributed by atoms with Crippen LogP contribution >= 0.6 is 0 Å². The molecule has 4 nitrogen and oxygen atoms in total. The Morgan fingerprint density at radius 3 is 2.59 bits per heavy atom. The van der Waals surface area contributed by atoms with Crippen LogP contribution in [0.3, 0.4) is 0 Å². The number of ether oxygens (including phenoxy) is 2. The van der Waals surface area contributed by atoms with Crippen molar-refractivity contribution in [2.75, 3.05) is 13.7 Å². The Bertz CT molecular complexity index is 582. The van der Waals surface area contributed by atoms with Crippen molar-refractivity contribution in [1.29, 1.82) is 0 Å². The zero-order valence-corrected chi connectivity index (χ0v) is 11.9. The number of hydrogen-bond donors (Lipinski definition) is 1. The zero-order valence-electron chi connectivity index (χ0n) is 11.9. The van der Waals surface area contributed by atoms with Crippen molar-refractivity contribution in [3.8, 4) is 11.5 Å². The van der Waals surface area contributed by atoms with Crippen LogP contribution in [0.1, 0.15) is 11.3 Å². The van der Waals surface area contributed by atoms with Crippen LogP contribution in [-0.4, -0.2) is 19.9 Å². The summed E-state index contributed by atoms with van der Waals surface area (Å²) in [6.45, 7) is -0.266. The van der Waals surface area contributed by atoms with Crippen LogP contribution in [0.25, 0.3) is 0 Å². The van der Waals surface area contributed by atoms with Gasteiger partial charge in [-0.05, 0) is 29.8 Å². The van der Waals surface area contributed by atoms with Crippen LogP contribution < -0.4 is 14.8 Å². The number of hydrogen-bond acceptors (Lipinski definition) is 4. The fourth-order valence-electron chi connectivity index (χ4n) is 1.84. The zero-order chi connectivity index (χ0) is 16.0. The lowest BCUT2D eigenvalue weighted by Crippen LogP contribution is -2.19. The normalized spacial score (nSPS) is 11.5. The number of rotatable bonds is 7. The molecule has 1 heterocycles. The van der Waals surface area contributed by atoms with Crippen LogP contribution in [0.5, 0.6) is 11.5 Å². The maximum Gasteiger partial charge on any atom is 0.422 e. The molecular formula is C15H16F3NO3. The lowest BCUT2D eigenvalue weighted by molar-refractivity contribution is -0.153. The molecule has 120 valence electrons. The Labute approximate surface area is 125 Å². The fourth-order valence-corrected chi connectivity index (χ4v) is 1.84. The van der Waals surface area contributed by atoms with Gasteiger partial charge in [0.2, 0.25) is 0 Å². The smallest absolute Gasteiger partial charge is 0.422 e. The lowest BCUT2D eigenvalue weighted by Gasteiger charge is -2.13. The second-order valence-corrected chi connectivity index (χ2v) is 4.57. The SMILES string of the molecule is COc1cc(CNCc2ccco2)ccc1OCC(F)(F)F. The molecule has 0 amide bonds. The van der Waals surface area contributed by atoms with E-state index in [0.29, 0.717) is 13.1 Å². The standard InChI is InChI=1S/C15H16F3NO3/c1-20-14-7-11(8-19-9-12-3-2-6-21-12)4-5-13(14)22-10-15(16,17)18/h2-7,19H,8-10H2,1H3. The van der Waals surface area contributed by atoms with E-state index in [9.17, 15) is 13.2 Å². The number of furan rings is 1. The third-order valence-corrected chi connectivity index (χ3v) is 2.83. The quantitative estimate of drug-likeness (QED) is 0.849. The third kappa shape index (κ3) is 5.00. The second kappa shape index (κ2) is 7.22. The molecule has 0 atom stereocenters. The summed E-state index contributed by atoms with van der Waals surface area (Å²) in [5.41, 5.74) is 0.864. The summed E-state index contributed by atoms with van der Waals surface area (Å²) in [5, 5.41) is 3.16. The molecule has 0 fully saturated rings. The second-order valence-electron chi connectivity index (χ2n) is 4.57. The molecule has 0 aliphatic carbocycles. The monoisotopic (exact) mass is 315 g/mol. The van der Waals surface area contributed by atoms with E-state index in [4.69, 9.17) is 13.9 Å². The van der Waals surface area contributed by atoms with Crippen molar-refractivity contribution in [3.05, 3.63) is 47.9 Å². The van der Waals surface area contributed by atoms with Crippen molar-refractivity contribution >= 4 is 0 Å². The van der Waals surface area contributed by atoms with Gasteiger partial charge in [0.1, 0.15) is 5.76 Å². The number of methoxy groups -OCH3 is 1. The van der Waals surface area contributed by atoms with Gasteiger partial charge < -0.3 is 19.2 Å². The van der Waals surface area contributed by atoms with E-state index < -0.39 is 12.8 Å².